The molecule has 4 amide bonds. The van der Waals surface area contributed by atoms with Gasteiger partial charge in [0.2, 0.25) is 23.6 Å². The Hall–Kier alpha value is -4.49. The van der Waals surface area contributed by atoms with Gasteiger partial charge in [-0.2, -0.15) is 0 Å². The lowest BCUT2D eigenvalue weighted by Crippen LogP contribution is -2.59. The van der Waals surface area contributed by atoms with Crippen molar-refractivity contribution in [1.29, 1.82) is 0 Å². The van der Waals surface area contributed by atoms with Gasteiger partial charge >= 0.3 is 5.97 Å². The second-order valence-electron chi connectivity index (χ2n) is 9.02. The molecule has 0 bridgehead atoms. The Morgan fingerprint density at radius 1 is 0.769 bits per heavy atom. The first-order valence-electron chi connectivity index (χ1n) is 12.0. The molecule has 0 aromatic heterocycles. The number of phenolic OH excluding ortho intramolecular Hbond substituents is 1. The highest BCUT2D eigenvalue weighted by Gasteiger charge is 2.31. The number of amides is 4. The van der Waals surface area contributed by atoms with Crippen LogP contribution in [0.4, 0.5) is 0 Å². The Morgan fingerprint density at radius 3 is 1.69 bits per heavy atom. The molecular weight excluding hydrogens is 510 g/mol. The molecule has 0 spiro atoms. The van der Waals surface area contributed by atoms with Crippen LogP contribution in [0.3, 0.4) is 0 Å². The fraction of sp³-hybridized carbons (Fsp3) is 0.346. The molecule has 0 heterocycles. The van der Waals surface area contributed by atoms with Crippen LogP contribution in [0.2, 0.25) is 0 Å². The standard InChI is InChI=1S/C26H33N5O8/c1-14(32)22(28)25(37)30-19(11-15-5-3-2-4-6-15)23(35)29-18(12-16-7-9-17(33)10-8-16)24(36)31-20(26(38)39)13-21(27)34/h2-10,14,18-20,22,32-33H,11-13,28H2,1H3,(H2,27,34)(H,29,35)(H,30,37)(H,31,36)(H,38,39). The van der Waals surface area contributed by atoms with Crippen molar-refractivity contribution in [2.75, 3.05) is 0 Å². The Balaban J connectivity index is 2.33. The van der Waals surface area contributed by atoms with Gasteiger partial charge < -0.3 is 42.7 Å². The van der Waals surface area contributed by atoms with Crippen LogP contribution in [0.1, 0.15) is 24.5 Å². The Morgan fingerprint density at radius 2 is 1.23 bits per heavy atom. The number of carboxylic acid groups (broad SMARTS) is 1. The molecule has 2 rings (SSSR count). The molecule has 0 saturated carbocycles. The first-order chi connectivity index (χ1) is 18.4. The van der Waals surface area contributed by atoms with E-state index in [4.69, 9.17) is 11.5 Å². The summed E-state index contributed by atoms with van der Waals surface area (Å²) in [7, 11) is 0. The smallest absolute Gasteiger partial charge is 0.326 e. The van der Waals surface area contributed by atoms with E-state index in [0.717, 1.165) is 0 Å². The van der Waals surface area contributed by atoms with E-state index < -0.39 is 66.3 Å². The molecule has 2 aromatic rings. The van der Waals surface area contributed by atoms with Crippen molar-refractivity contribution in [2.24, 2.45) is 11.5 Å². The predicted octanol–water partition coefficient (Wildman–Crippen LogP) is -1.70. The third-order valence-electron chi connectivity index (χ3n) is 5.77. The van der Waals surface area contributed by atoms with Crippen molar-refractivity contribution in [1.82, 2.24) is 16.0 Å². The highest BCUT2D eigenvalue weighted by molar-refractivity contribution is 5.95. The molecule has 13 nitrogen and oxygen atoms in total. The molecular formula is C26H33N5O8. The summed E-state index contributed by atoms with van der Waals surface area (Å²) in [4.78, 5) is 61.9. The average Bonchev–Trinajstić information content (AvgIpc) is 2.88. The highest BCUT2D eigenvalue weighted by atomic mass is 16.4. The molecule has 0 saturated heterocycles. The molecule has 5 unspecified atom stereocenters. The molecule has 0 fully saturated rings. The Labute approximate surface area is 224 Å². The molecule has 5 atom stereocenters. The van der Waals surface area contributed by atoms with Crippen LogP contribution in [-0.2, 0) is 36.8 Å². The normalized spacial score (nSPS) is 14.6. The van der Waals surface area contributed by atoms with Gasteiger partial charge in [-0.15, -0.1) is 0 Å². The van der Waals surface area contributed by atoms with Gasteiger partial charge in [0.1, 0.15) is 29.9 Å². The number of carbonyl (C=O) groups excluding carboxylic acids is 4. The van der Waals surface area contributed by atoms with Crippen molar-refractivity contribution >= 4 is 29.6 Å². The number of carboxylic acids is 1. The molecule has 0 aliphatic carbocycles. The third kappa shape index (κ3) is 10.1. The molecule has 13 heteroatoms. The van der Waals surface area contributed by atoms with Gasteiger partial charge in [0, 0.05) is 12.8 Å². The summed E-state index contributed by atoms with van der Waals surface area (Å²) in [6.45, 7) is 1.32. The van der Waals surface area contributed by atoms with E-state index in [1.54, 1.807) is 30.3 Å². The molecule has 39 heavy (non-hydrogen) atoms. The summed E-state index contributed by atoms with van der Waals surface area (Å²) in [6.07, 6.45) is -1.99. The van der Waals surface area contributed by atoms with E-state index >= 15 is 0 Å². The van der Waals surface area contributed by atoms with Crippen LogP contribution in [-0.4, -0.2) is 75.2 Å². The van der Waals surface area contributed by atoms with E-state index in [2.05, 4.69) is 16.0 Å². The summed E-state index contributed by atoms with van der Waals surface area (Å²) < 4.78 is 0. The zero-order valence-electron chi connectivity index (χ0n) is 21.2. The number of hydrogen-bond donors (Lipinski definition) is 8. The van der Waals surface area contributed by atoms with Crippen LogP contribution in [0.25, 0.3) is 0 Å². The summed E-state index contributed by atoms with van der Waals surface area (Å²) in [5.74, 6) is -4.99. The second-order valence-corrected chi connectivity index (χ2v) is 9.02. The van der Waals surface area contributed by atoms with E-state index in [9.17, 15) is 39.3 Å². The Bertz CT molecular complexity index is 1160. The third-order valence-corrected chi connectivity index (χ3v) is 5.77. The van der Waals surface area contributed by atoms with Crippen LogP contribution < -0.4 is 27.4 Å². The number of phenols is 1. The minimum absolute atomic E-state index is 0.0118. The zero-order valence-corrected chi connectivity index (χ0v) is 21.2. The van der Waals surface area contributed by atoms with E-state index in [1.165, 1.54) is 31.2 Å². The number of aliphatic hydroxyl groups is 1. The van der Waals surface area contributed by atoms with Crippen molar-refractivity contribution in [3.8, 4) is 5.75 Å². The topological polar surface area (TPSA) is 234 Å². The van der Waals surface area contributed by atoms with Crippen molar-refractivity contribution in [3.63, 3.8) is 0 Å². The molecule has 10 N–H and O–H groups in total. The predicted molar refractivity (Wildman–Crippen MR) is 139 cm³/mol. The van der Waals surface area contributed by atoms with E-state index in [-0.39, 0.29) is 18.6 Å². The van der Waals surface area contributed by atoms with Gasteiger partial charge in [-0.1, -0.05) is 42.5 Å². The molecule has 0 aliphatic rings. The minimum Gasteiger partial charge on any atom is -0.508 e. The van der Waals surface area contributed by atoms with Crippen molar-refractivity contribution in [2.45, 2.75) is 56.5 Å². The van der Waals surface area contributed by atoms with Crippen LogP contribution in [0, 0.1) is 0 Å². The number of hydrogen-bond acceptors (Lipinski definition) is 8. The number of rotatable bonds is 14. The van der Waals surface area contributed by atoms with Crippen LogP contribution in [0.15, 0.2) is 54.6 Å². The van der Waals surface area contributed by atoms with Gasteiger partial charge in [0.15, 0.2) is 0 Å². The number of aliphatic hydroxyl groups excluding tert-OH is 1. The van der Waals surface area contributed by atoms with E-state index in [1.807, 2.05) is 0 Å². The number of carbonyl (C=O) groups is 5. The van der Waals surface area contributed by atoms with Crippen LogP contribution in [0.5, 0.6) is 5.75 Å². The van der Waals surface area contributed by atoms with Gasteiger partial charge in [-0.05, 0) is 30.2 Å². The Kier molecular flexibility index (Phi) is 11.4. The fourth-order valence-corrected chi connectivity index (χ4v) is 3.57. The molecule has 0 radical (unpaired) electrons. The number of nitrogens with one attached hydrogen (secondary N) is 3. The first-order valence-corrected chi connectivity index (χ1v) is 12.0. The maximum absolute atomic E-state index is 13.4. The number of aliphatic carboxylic acids is 1. The largest absolute Gasteiger partial charge is 0.508 e. The van der Waals surface area contributed by atoms with Crippen molar-refractivity contribution in [3.05, 3.63) is 65.7 Å². The maximum Gasteiger partial charge on any atom is 0.326 e. The quantitative estimate of drug-likeness (QED) is 0.135. The van der Waals surface area contributed by atoms with Crippen molar-refractivity contribution < 1.29 is 39.3 Å². The highest BCUT2D eigenvalue weighted by Crippen LogP contribution is 2.12. The lowest BCUT2D eigenvalue weighted by Gasteiger charge is -2.26. The maximum atomic E-state index is 13.4. The summed E-state index contributed by atoms with van der Waals surface area (Å²) in [5.41, 5.74) is 12.0. The van der Waals surface area contributed by atoms with Gasteiger partial charge in [-0.25, -0.2) is 4.79 Å². The zero-order chi connectivity index (χ0) is 29.1. The number of primary amides is 1. The molecule has 0 aliphatic heterocycles. The summed E-state index contributed by atoms with van der Waals surface area (Å²) >= 11 is 0. The van der Waals surface area contributed by atoms with Gasteiger partial charge in [-0.3, -0.25) is 19.2 Å². The first kappa shape index (κ1) is 30.7. The van der Waals surface area contributed by atoms with Gasteiger partial charge in [0.25, 0.3) is 0 Å². The number of nitrogens with two attached hydrogens (primary N) is 2. The number of aromatic hydroxyl groups is 1. The molecule has 210 valence electrons. The monoisotopic (exact) mass is 543 g/mol. The molecule has 2 aromatic carbocycles. The summed E-state index contributed by atoms with van der Waals surface area (Å²) in [5, 5.41) is 35.9. The number of benzene rings is 2. The fourth-order valence-electron chi connectivity index (χ4n) is 3.57. The van der Waals surface area contributed by atoms with Crippen LogP contribution >= 0.6 is 0 Å². The lowest BCUT2D eigenvalue weighted by molar-refractivity contribution is -0.143. The summed E-state index contributed by atoms with van der Waals surface area (Å²) in [6, 6.07) is 8.90. The minimum atomic E-state index is -1.64. The average molecular weight is 544 g/mol. The van der Waals surface area contributed by atoms with Gasteiger partial charge in [0.05, 0.1) is 12.5 Å². The SMILES string of the molecule is CC(O)C(N)C(=O)NC(Cc1ccccc1)C(=O)NC(Cc1ccc(O)cc1)C(=O)NC(CC(N)=O)C(=O)O. The second kappa shape index (κ2) is 14.4. The van der Waals surface area contributed by atoms with E-state index in [0.29, 0.717) is 11.1 Å². The lowest BCUT2D eigenvalue weighted by atomic mass is 10.0.